The number of carbonyl (C=O) groups is 1. The van der Waals surface area contributed by atoms with E-state index in [1.165, 1.54) is 13.2 Å². The Morgan fingerprint density at radius 2 is 2.50 bits per heavy atom. The molecule has 6 heteroatoms. The highest BCUT2D eigenvalue weighted by Gasteiger charge is 2.09. The van der Waals surface area contributed by atoms with Crippen LogP contribution in [0.5, 0.6) is 0 Å². The molecule has 0 aliphatic rings. The zero-order chi connectivity index (χ0) is 11.8. The van der Waals surface area contributed by atoms with Crippen molar-refractivity contribution in [2.24, 2.45) is 5.11 Å². The third-order valence-electron chi connectivity index (χ3n) is 1.60. The van der Waals surface area contributed by atoms with Crippen LogP contribution < -0.4 is 0 Å². The molecule has 0 N–H and O–H groups in total. The Morgan fingerprint density at radius 1 is 1.69 bits per heavy atom. The van der Waals surface area contributed by atoms with Gasteiger partial charge in [-0.1, -0.05) is 11.0 Å². The maximum Gasteiger partial charge on any atom is 0.374 e. The number of hydrogen-bond acceptors (Lipinski definition) is 4. The Hall–Kier alpha value is -2.38. The van der Waals surface area contributed by atoms with Crippen molar-refractivity contribution in [2.75, 3.05) is 13.7 Å². The van der Waals surface area contributed by atoms with Gasteiger partial charge in [0.15, 0.2) is 5.76 Å². The molecule has 0 fully saturated rings. The summed E-state index contributed by atoms with van der Waals surface area (Å²) in [5.74, 6) is 5.39. The summed E-state index contributed by atoms with van der Waals surface area (Å²) in [5.41, 5.74) is 8.01. The van der Waals surface area contributed by atoms with Crippen molar-refractivity contribution in [3.8, 4) is 11.8 Å². The zero-order valence-corrected chi connectivity index (χ0v) is 8.64. The summed E-state index contributed by atoms with van der Waals surface area (Å²) in [6.45, 7) is 0.314. The number of hydrogen-bond donors (Lipinski definition) is 0. The van der Waals surface area contributed by atoms with Crippen LogP contribution in [-0.4, -0.2) is 19.6 Å². The first-order chi connectivity index (χ1) is 7.77. The molecule has 1 aromatic heterocycles. The first-order valence-electron chi connectivity index (χ1n) is 4.46. The van der Waals surface area contributed by atoms with Gasteiger partial charge < -0.3 is 9.15 Å². The summed E-state index contributed by atoms with van der Waals surface area (Å²) in [4.78, 5) is 13.6. The van der Waals surface area contributed by atoms with Crippen molar-refractivity contribution in [1.82, 2.24) is 0 Å². The summed E-state index contributed by atoms with van der Waals surface area (Å²) in [6, 6.07) is 3.07. The van der Waals surface area contributed by atoms with Gasteiger partial charge in [-0.15, -0.1) is 0 Å². The van der Waals surface area contributed by atoms with E-state index >= 15 is 0 Å². The maximum atomic E-state index is 11.0. The van der Waals surface area contributed by atoms with Crippen molar-refractivity contribution >= 4 is 5.97 Å². The third kappa shape index (κ3) is 3.40. The third-order valence-corrected chi connectivity index (χ3v) is 1.60. The van der Waals surface area contributed by atoms with Crippen LogP contribution >= 0.6 is 0 Å². The molecule has 0 saturated carbocycles. The molecule has 0 bridgehead atoms. The fourth-order valence-corrected chi connectivity index (χ4v) is 0.916. The van der Waals surface area contributed by atoms with Gasteiger partial charge >= 0.3 is 5.97 Å². The monoisotopic (exact) mass is 219 g/mol. The van der Waals surface area contributed by atoms with Crippen LogP contribution in [0.15, 0.2) is 21.7 Å². The van der Waals surface area contributed by atoms with E-state index in [1.807, 2.05) is 0 Å². The summed E-state index contributed by atoms with van der Waals surface area (Å²) in [5, 5.41) is 3.32. The molecule has 0 spiro atoms. The number of esters is 1. The first-order valence-corrected chi connectivity index (χ1v) is 4.46. The number of carbonyl (C=O) groups excluding carboxylic acids is 1. The van der Waals surface area contributed by atoms with Crippen molar-refractivity contribution < 1.29 is 13.9 Å². The minimum absolute atomic E-state index is 0.113. The predicted molar refractivity (Wildman–Crippen MR) is 55.6 cm³/mol. The highest BCUT2D eigenvalue weighted by atomic mass is 16.5. The number of azide groups is 1. The number of furan rings is 1. The van der Waals surface area contributed by atoms with E-state index in [4.69, 9.17) is 9.95 Å². The van der Waals surface area contributed by atoms with Gasteiger partial charge in [0.25, 0.3) is 0 Å². The van der Waals surface area contributed by atoms with Crippen molar-refractivity contribution in [1.29, 1.82) is 0 Å². The quantitative estimate of drug-likeness (QED) is 0.195. The lowest BCUT2D eigenvalue weighted by molar-refractivity contribution is 0.0564. The normalized spacial score (nSPS) is 8.56. The van der Waals surface area contributed by atoms with Crippen molar-refractivity contribution in [3.05, 3.63) is 34.1 Å². The lowest BCUT2D eigenvalue weighted by atomic mass is 10.4. The lowest BCUT2D eigenvalue weighted by Crippen LogP contribution is -1.98. The van der Waals surface area contributed by atoms with Crippen LogP contribution in [-0.2, 0) is 4.74 Å². The van der Waals surface area contributed by atoms with E-state index in [1.54, 1.807) is 6.07 Å². The standard InChI is InChI=1S/C10H9N3O3/c1-15-10(14)9-6-5-8(16-9)4-2-3-7-12-13-11/h5-6H,3,7H2,1H3. The molecule has 16 heavy (non-hydrogen) atoms. The first kappa shape index (κ1) is 11.7. The molecule has 1 heterocycles. The van der Waals surface area contributed by atoms with E-state index < -0.39 is 5.97 Å². The molecule has 0 unspecified atom stereocenters. The van der Waals surface area contributed by atoms with Gasteiger partial charge in [0.1, 0.15) is 0 Å². The van der Waals surface area contributed by atoms with Gasteiger partial charge in [-0.3, -0.25) is 0 Å². The Balaban J connectivity index is 2.57. The van der Waals surface area contributed by atoms with Crippen LogP contribution in [0.1, 0.15) is 22.7 Å². The molecule has 0 radical (unpaired) electrons. The molecule has 82 valence electrons. The molecule has 0 aliphatic heterocycles. The number of ether oxygens (including phenoxy) is 1. The second-order valence-corrected chi connectivity index (χ2v) is 2.66. The second-order valence-electron chi connectivity index (χ2n) is 2.66. The topological polar surface area (TPSA) is 88.2 Å². The molecule has 0 saturated heterocycles. The van der Waals surface area contributed by atoms with E-state index in [0.29, 0.717) is 18.7 Å². The number of nitrogens with zero attached hydrogens (tertiary/aromatic N) is 3. The van der Waals surface area contributed by atoms with E-state index in [2.05, 4.69) is 26.6 Å². The van der Waals surface area contributed by atoms with Crippen LogP contribution in [0.3, 0.4) is 0 Å². The molecule has 0 amide bonds. The predicted octanol–water partition coefficient (Wildman–Crippen LogP) is 2.12. The van der Waals surface area contributed by atoms with Crippen molar-refractivity contribution in [2.45, 2.75) is 6.42 Å². The highest BCUT2D eigenvalue weighted by molar-refractivity contribution is 5.86. The fourth-order valence-electron chi connectivity index (χ4n) is 0.916. The Bertz CT molecular complexity index is 475. The Labute approximate surface area is 91.8 Å². The zero-order valence-electron chi connectivity index (χ0n) is 8.64. The van der Waals surface area contributed by atoms with Gasteiger partial charge in [0, 0.05) is 17.9 Å². The molecule has 6 nitrogen and oxygen atoms in total. The molecule has 0 aliphatic carbocycles. The molecule has 0 atom stereocenters. The minimum Gasteiger partial charge on any atom is -0.463 e. The van der Waals surface area contributed by atoms with Gasteiger partial charge in [-0.25, -0.2) is 4.79 Å². The van der Waals surface area contributed by atoms with Gasteiger partial charge in [-0.05, 0) is 23.6 Å². The van der Waals surface area contributed by atoms with Gasteiger partial charge in [-0.2, -0.15) is 0 Å². The van der Waals surface area contributed by atoms with Crippen LogP contribution in [0.2, 0.25) is 0 Å². The summed E-state index contributed by atoms with van der Waals surface area (Å²) in [6.07, 6.45) is 0.443. The highest BCUT2D eigenvalue weighted by Crippen LogP contribution is 2.07. The van der Waals surface area contributed by atoms with E-state index in [-0.39, 0.29) is 5.76 Å². The molecule has 1 rings (SSSR count). The average molecular weight is 219 g/mol. The molecular weight excluding hydrogens is 210 g/mol. The average Bonchev–Trinajstić information content (AvgIpc) is 2.76. The fraction of sp³-hybridized carbons (Fsp3) is 0.300. The van der Waals surface area contributed by atoms with Crippen LogP contribution in [0.4, 0.5) is 0 Å². The Morgan fingerprint density at radius 3 is 3.19 bits per heavy atom. The molecular formula is C10H9N3O3. The molecule has 1 aromatic rings. The number of rotatable bonds is 3. The summed E-state index contributed by atoms with van der Waals surface area (Å²) < 4.78 is 9.56. The maximum absolute atomic E-state index is 11.0. The van der Waals surface area contributed by atoms with Gasteiger partial charge in [0.05, 0.1) is 7.11 Å². The van der Waals surface area contributed by atoms with E-state index in [9.17, 15) is 4.79 Å². The SMILES string of the molecule is COC(=O)c1ccc(C#CCCN=[N+]=[N-])o1. The second kappa shape index (κ2) is 6.17. The lowest BCUT2D eigenvalue weighted by Gasteiger charge is -1.90. The largest absolute Gasteiger partial charge is 0.463 e. The Kier molecular flexibility index (Phi) is 4.51. The smallest absolute Gasteiger partial charge is 0.374 e. The van der Waals surface area contributed by atoms with E-state index in [0.717, 1.165) is 0 Å². The summed E-state index contributed by atoms with van der Waals surface area (Å²) in [7, 11) is 1.27. The van der Waals surface area contributed by atoms with Crippen LogP contribution in [0, 0.1) is 11.8 Å². The van der Waals surface area contributed by atoms with Crippen LogP contribution in [0.25, 0.3) is 10.4 Å². The summed E-state index contributed by atoms with van der Waals surface area (Å²) >= 11 is 0. The number of methoxy groups -OCH3 is 1. The minimum atomic E-state index is -0.540. The molecule has 0 aromatic carbocycles. The van der Waals surface area contributed by atoms with Crippen molar-refractivity contribution in [3.63, 3.8) is 0 Å². The van der Waals surface area contributed by atoms with Gasteiger partial charge in [0.2, 0.25) is 5.76 Å².